The number of amides is 3. The lowest BCUT2D eigenvalue weighted by Gasteiger charge is -2.35. The highest BCUT2D eigenvalue weighted by molar-refractivity contribution is 6.40. The molecule has 0 saturated carbocycles. The van der Waals surface area contributed by atoms with Crippen molar-refractivity contribution in [1.29, 1.82) is 0 Å². The van der Waals surface area contributed by atoms with Crippen LogP contribution >= 0.6 is 11.6 Å². The summed E-state index contributed by atoms with van der Waals surface area (Å²) in [4.78, 5) is 41.2. The molecular formula is C23H22ClFN4O3. The van der Waals surface area contributed by atoms with Gasteiger partial charge >= 0.3 is 0 Å². The summed E-state index contributed by atoms with van der Waals surface area (Å²) < 4.78 is 14.0. The van der Waals surface area contributed by atoms with Crippen molar-refractivity contribution in [2.75, 3.05) is 31.2 Å². The third kappa shape index (κ3) is 4.50. The highest BCUT2D eigenvalue weighted by atomic mass is 35.5. The molecule has 4 rings (SSSR count). The number of carbonyl (C=O) groups excluding carboxylic acids is 3. The molecule has 166 valence electrons. The molecule has 3 amide bonds. The minimum atomic E-state index is -0.629. The Balaban J connectivity index is 1.44. The lowest BCUT2D eigenvalue weighted by atomic mass is 10.1. The molecule has 2 aliphatic rings. The number of carbonyl (C=O) groups is 3. The summed E-state index contributed by atoms with van der Waals surface area (Å²) in [7, 11) is 0. The number of hydrazone groups is 1. The molecule has 0 bridgehead atoms. The Morgan fingerprint density at radius 3 is 2.34 bits per heavy atom. The molecule has 0 N–H and O–H groups in total. The van der Waals surface area contributed by atoms with Crippen molar-refractivity contribution >= 4 is 40.7 Å². The van der Waals surface area contributed by atoms with Crippen LogP contribution in [-0.2, 0) is 9.59 Å². The molecular weight excluding hydrogens is 435 g/mol. The fourth-order valence-corrected chi connectivity index (χ4v) is 3.97. The van der Waals surface area contributed by atoms with Crippen molar-refractivity contribution < 1.29 is 18.8 Å². The summed E-state index contributed by atoms with van der Waals surface area (Å²) >= 11 is 5.89. The van der Waals surface area contributed by atoms with E-state index >= 15 is 0 Å². The van der Waals surface area contributed by atoms with Crippen LogP contribution in [0.3, 0.4) is 0 Å². The summed E-state index contributed by atoms with van der Waals surface area (Å²) in [5.74, 6) is -1.50. The van der Waals surface area contributed by atoms with E-state index in [0.29, 0.717) is 24.5 Å². The second kappa shape index (κ2) is 9.08. The first kappa shape index (κ1) is 22.0. The first-order valence-electron chi connectivity index (χ1n) is 10.3. The number of nitrogens with zero attached hydrogens (tertiary/aromatic N) is 4. The van der Waals surface area contributed by atoms with Gasteiger partial charge in [0.2, 0.25) is 5.91 Å². The SMILES string of the molecule is Cc1cccc(N2N=C(C(=O)N3CCN(C(=O)c4cc(Cl)ccc4F)CC3)CCC2=O)c1. The van der Waals surface area contributed by atoms with Crippen molar-refractivity contribution in [3.8, 4) is 0 Å². The van der Waals surface area contributed by atoms with Crippen LogP contribution in [0.5, 0.6) is 0 Å². The van der Waals surface area contributed by atoms with Gasteiger partial charge in [0.25, 0.3) is 11.8 Å². The second-order valence-electron chi connectivity index (χ2n) is 7.80. The molecule has 9 heteroatoms. The van der Waals surface area contributed by atoms with Crippen molar-refractivity contribution in [2.45, 2.75) is 19.8 Å². The Bertz CT molecular complexity index is 1110. The summed E-state index contributed by atoms with van der Waals surface area (Å²) in [5.41, 5.74) is 1.84. The number of piperazine rings is 1. The van der Waals surface area contributed by atoms with Gasteiger partial charge in [0, 0.05) is 44.0 Å². The van der Waals surface area contributed by atoms with Crippen molar-refractivity contribution in [3.05, 3.63) is 64.4 Å². The first-order chi connectivity index (χ1) is 15.3. The Morgan fingerprint density at radius 2 is 1.66 bits per heavy atom. The van der Waals surface area contributed by atoms with E-state index in [1.807, 2.05) is 25.1 Å². The van der Waals surface area contributed by atoms with Crippen LogP contribution in [0.25, 0.3) is 0 Å². The zero-order valence-electron chi connectivity index (χ0n) is 17.6. The average molecular weight is 457 g/mol. The number of hydrogen-bond donors (Lipinski definition) is 0. The first-order valence-corrected chi connectivity index (χ1v) is 10.7. The maximum Gasteiger partial charge on any atom is 0.270 e. The maximum atomic E-state index is 14.0. The molecule has 1 saturated heterocycles. The lowest BCUT2D eigenvalue weighted by Crippen LogP contribution is -2.53. The average Bonchev–Trinajstić information content (AvgIpc) is 2.80. The molecule has 1 fully saturated rings. The van der Waals surface area contributed by atoms with E-state index < -0.39 is 11.7 Å². The predicted octanol–water partition coefficient (Wildman–Crippen LogP) is 3.25. The van der Waals surface area contributed by atoms with Gasteiger partial charge in [0.15, 0.2) is 0 Å². The molecule has 2 heterocycles. The number of rotatable bonds is 3. The molecule has 0 radical (unpaired) electrons. The minimum absolute atomic E-state index is 0.0822. The third-order valence-corrected chi connectivity index (χ3v) is 5.77. The fraction of sp³-hybridized carbons (Fsp3) is 0.304. The highest BCUT2D eigenvalue weighted by Gasteiger charge is 2.31. The van der Waals surface area contributed by atoms with E-state index in [4.69, 9.17) is 11.6 Å². The van der Waals surface area contributed by atoms with Crippen LogP contribution in [-0.4, -0.2) is 59.4 Å². The zero-order chi connectivity index (χ0) is 22.8. The molecule has 0 aromatic heterocycles. The third-order valence-electron chi connectivity index (χ3n) is 5.54. The van der Waals surface area contributed by atoms with Crippen LogP contribution < -0.4 is 5.01 Å². The molecule has 2 aromatic carbocycles. The minimum Gasteiger partial charge on any atom is -0.335 e. The van der Waals surface area contributed by atoms with E-state index in [1.165, 1.54) is 22.0 Å². The lowest BCUT2D eigenvalue weighted by molar-refractivity contribution is -0.125. The van der Waals surface area contributed by atoms with E-state index in [0.717, 1.165) is 11.6 Å². The molecule has 32 heavy (non-hydrogen) atoms. The molecule has 2 aliphatic heterocycles. The van der Waals surface area contributed by atoms with Crippen LogP contribution in [0.15, 0.2) is 47.6 Å². The van der Waals surface area contributed by atoms with Gasteiger partial charge in [-0.25, -0.2) is 9.40 Å². The van der Waals surface area contributed by atoms with Gasteiger partial charge < -0.3 is 9.80 Å². The van der Waals surface area contributed by atoms with Gasteiger partial charge in [0.1, 0.15) is 11.5 Å². The van der Waals surface area contributed by atoms with E-state index in [-0.39, 0.29) is 48.3 Å². The Kier molecular flexibility index (Phi) is 6.23. The van der Waals surface area contributed by atoms with Crippen LogP contribution in [0.2, 0.25) is 5.02 Å². The normalized spacial score (nSPS) is 16.8. The van der Waals surface area contributed by atoms with Crippen molar-refractivity contribution in [1.82, 2.24) is 9.80 Å². The topological polar surface area (TPSA) is 73.3 Å². The summed E-state index contributed by atoms with van der Waals surface area (Å²) in [6, 6.07) is 11.2. The van der Waals surface area contributed by atoms with Gasteiger partial charge in [-0.3, -0.25) is 14.4 Å². The number of aryl methyl sites for hydroxylation is 1. The van der Waals surface area contributed by atoms with Crippen LogP contribution in [0.4, 0.5) is 10.1 Å². The van der Waals surface area contributed by atoms with E-state index in [1.54, 1.807) is 11.0 Å². The van der Waals surface area contributed by atoms with Gasteiger partial charge in [-0.2, -0.15) is 5.10 Å². The maximum absolute atomic E-state index is 14.0. The van der Waals surface area contributed by atoms with Crippen LogP contribution in [0, 0.1) is 12.7 Å². The van der Waals surface area contributed by atoms with Crippen LogP contribution in [0.1, 0.15) is 28.8 Å². The van der Waals surface area contributed by atoms with E-state index in [2.05, 4.69) is 5.10 Å². The molecule has 0 aliphatic carbocycles. The van der Waals surface area contributed by atoms with Gasteiger partial charge in [-0.1, -0.05) is 23.7 Å². The standard InChI is InChI=1S/C23H22ClFN4O3/c1-15-3-2-4-17(13-15)29-21(30)8-7-20(26-29)23(32)28-11-9-27(10-12-28)22(31)18-14-16(24)5-6-19(18)25/h2-6,13-14H,7-12H2,1H3. The molecule has 0 atom stereocenters. The highest BCUT2D eigenvalue weighted by Crippen LogP contribution is 2.22. The summed E-state index contributed by atoms with van der Waals surface area (Å²) in [6.07, 6.45) is 0.470. The number of halogens is 2. The monoisotopic (exact) mass is 456 g/mol. The van der Waals surface area contributed by atoms with Gasteiger partial charge in [-0.15, -0.1) is 0 Å². The number of anilines is 1. The zero-order valence-corrected chi connectivity index (χ0v) is 18.3. The molecule has 2 aromatic rings. The molecule has 7 nitrogen and oxygen atoms in total. The largest absolute Gasteiger partial charge is 0.335 e. The molecule has 0 unspecified atom stereocenters. The van der Waals surface area contributed by atoms with E-state index in [9.17, 15) is 18.8 Å². The Labute approximate surface area is 190 Å². The molecule has 0 spiro atoms. The van der Waals surface area contributed by atoms with Crippen molar-refractivity contribution in [3.63, 3.8) is 0 Å². The Hall–Kier alpha value is -3.26. The van der Waals surface area contributed by atoms with Gasteiger partial charge in [-0.05, 0) is 42.8 Å². The number of hydrogen-bond acceptors (Lipinski definition) is 4. The quantitative estimate of drug-likeness (QED) is 0.711. The Morgan fingerprint density at radius 1 is 0.969 bits per heavy atom. The second-order valence-corrected chi connectivity index (χ2v) is 8.24. The summed E-state index contributed by atoms with van der Waals surface area (Å²) in [5, 5.41) is 5.90. The van der Waals surface area contributed by atoms with Crippen molar-refractivity contribution in [2.24, 2.45) is 5.10 Å². The fourth-order valence-electron chi connectivity index (χ4n) is 3.80. The predicted molar refractivity (Wildman–Crippen MR) is 119 cm³/mol. The smallest absolute Gasteiger partial charge is 0.270 e. The van der Waals surface area contributed by atoms with Gasteiger partial charge in [0.05, 0.1) is 11.3 Å². The number of benzene rings is 2. The summed E-state index contributed by atoms with van der Waals surface area (Å²) in [6.45, 7) is 3.05.